The first-order chi connectivity index (χ1) is 14.2. The molecule has 2 amide bonds. The number of hydrogen-bond acceptors (Lipinski definition) is 5. The van der Waals surface area contributed by atoms with E-state index in [0.29, 0.717) is 0 Å². The van der Waals surface area contributed by atoms with Gasteiger partial charge in [0.1, 0.15) is 11.4 Å². The van der Waals surface area contributed by atoms with Crippen molar-refractivity contribution >= 4 is 22.7 Å². The molecular formula is C21H23N5O3. The van der Waals surface area contributed by atoms with Crippen molar-refractivity contribution in [1.82, 2.24) is 25.6 Å². The van der Waals surface area contributed by atoms with Gasteiger partial charge in [0.05, 0.1) is 19.3 Å². The van der Waals surface area contributed by atoms with Gasteiger partial charge in [-0.2, -0.15) is 0 Å². The molecule has 8 heteroatoms. The summed E-state index contributed by atoms with van der Waals surface area (Å²) in [5.41, 5.74) is 3.59. The standard InChI is InChI=1S/C21H23N5O3/c1-29-13-5-6-16-15(11-13)14-3-2-4-17(20(14)26-16)25-19(27)7-8-24-21(28)18-12-22-9-10-23-18/h5-6,9-12,17,26H,2-4,7-8H2,1H3,(H,24,28)(H,25,27)/t17-/m1/s1. The Hall–Kier alpha value is -3.42. The van der Waals surface area contributed by atoms with Crippen LogP contribution in [-0.4, -0.2) is 40.4 Å². The van der Waals surface area contributed by atoms with E-state index in [2.05, 4.69) is 25.6 Å². The van der Waals surface area contributed by atoms with Crippen molar-refractivity contribution in [2.24, 2.45) is 0 Å². The summed E-state index contributed by atoms with van der Waals surface area (Å²) in [7, 11) is 1.66. The third-order valence-corrected chi connectivity index (χ3v) is 5.18. The van der Waals surface area contributed by atoms with Gasteiger partial charge in [0.15, 0.2) is 0 Å². The van der Waals surface area contributed by atoms with Gasteiger partial charge in [-0.15, -0.1) is 0 Å². The molecule has 1 aromatic carbocycles. The van der Waals surface area contributed by atoms with Crippen molar-refractivity contribution < 1.29 is 14.3 Å². The van der Waals surface area contributed by atoms with E-state index < -0.39 is 0 Å². The Morgan fingerprint density at radius 3 is 3.00 bits per heavy atom. The third kappa shape index (κ3) is 4.06. The van der Waals surface area contributed by atoms with Gasteiger partial charge in [-0.25, -0.2) is 4.98 Å². The van der Waals surface area contributed by atoms with Crippen LogP contribution in [0.5, 0.6) is 5.75 Å². The van der Waals surface area contributed by atoms with Crippen LogP contribution in [0.1, 0.15) is 47.1 Å². The van der Waals surface area contributed by atoms with E-state index in [4.69, 9.17) is 4.74 Å². The molecular weight excluding hydrogens is 370 g/mol. The summed E-state index contributed by atoms with van der Waals surface area (Å²) >= 11 is 0. The summed E-state index contributed by atoms with van der Waals surface area (Å²) in [4.78, 5) is 35.7. The van der Waals surface area contributed by atoms with E-state index in [1.54, 1.807) is 7.11 Å². The molecule has 150 valence electrons. The number of nitrogens with one attached hydrogen (secondary N) is 3. The van der Waals surface area contributed by atoms with Gasteiger partial charge in [0.25, 0.3) is 5.91 Å². The molecule has 0 aliphatic heterocycles. The second kappa shape index (κ2) is 8.30. The van der Waals surface area contributed by atoms with Crippen molar-refractivity contribution in [2.75, 3.05) is 13.7 Å². The molecule has 2 aromatic heterocycles. The van der Waals surface area contributed by atoms with Gasteiger partial charge >= 0.3 is 0 Å². The van der Waals surface area contributed by atoms with E-state index in [-0.39, 0.29) is 36.5 Å². The van der Waals surface area contributed by atoms with Crippen molar-refractivity contribution in [1.29, 1.82) is 0 Å². The normalized spacial score (nSPS) is 15.6. The number of fused-ring (bicyclic) bond motifs is 3. The summed E-state index contributed by atoms with van der Waals surface area (Å²) in [5.74, 6) is 0.387. The van der Waals surface area contributed by atoms with Crippen LogP contribution >= 0.6 is 0 Å². The molecule has 0 fully saturated rings. The zero-order valence-electron chi connectivity index (χ0n) is 16.2. The number of hydrogen-bond donors (Lipinski definition) is 3. The number of aromatic amines is 1. The number of methoxy groups -OCH3 is 1. The minimum atomic E-state index is -0.338. The molecule has 0 spiro atoms. The second-order valence-corrected chi connectivity index (χ2v) is 7.04. The van der Waals surface area contributed by atoms with E-state index in [1.165, 1.54) is 24.2 Å². The smallest absolute Gasteiger partial charge is 0.271 e. The summed E-state index contributed by atoms with van der Waals surface area (Å²) in [6.07, 6.45) is 7.42. The highest BCUT2D eigenvalue weighted by Gasteiger charge is 2.25. The molecule has 0 radical (unpaired) electrons. The molecule has 0 saturated carbocycles. The van der Waals surface area contributed by atoms with Crippen LogP contribution in [0, 0.1) is 0 Å². The number of nitrogens with zero attached hydrogens (tertiary/aromatic N) is 2. The predicted molar refractivity (Wildman–Crippen MR) is 108 cm³/mol. The van der Waals surface area contributed by atoms with Gasteiger partial charge in [-0.1, -0.05) is 0 Å². The van der Waals surface area contributed by atoms with Crippen LogP contribution in [0.15, 0.2) is 36.8 Å². The highest BCUT2D eigenvalue weighted by atomic mass is 16.5. The molecule has 0 bridgehead atoms. The fourth-order valence-corrected chi connectivity index (χ4v) is 3.78. The topological polar surface area (TPSA) is 109 Å². The fourth-order valence-electron chi connectivity index (χ4n) is 3.78. The lowest BCUT2D eigenvalue weighted by atomic mass is 9.91. The summed E-state index contributed by atoms with van der Waals surface area (Å²) in [6, 6.07) is 5.92. The minimum absolute atomic E-state index is 0.0552. The third-order valence-electron chi connectivity index (χ3n) is 5.18. The van der Waals surface area contributed by atoms with Crippen LogP contribution in [0.25, 0.3) is 10.9 Å². The number of amides is 2. The lowest BCUT2D eigenvalue weighted by Gasteiger charge is -2.24. The molecule has 1 aliphatic rings. The number of aromatic nitrogens is 3. The Balaban J connectivity index is 1.38. The molecule has 4 rings (SSSR count). The maximum absolute atomic E-state index is 12.4. The molecule has 1 aliphatic carbocycles. The summed E-state index contributed by atoms with van der Waals surface area (Å²) < 4.78 is 5.34. The van der Waals surface area contributed by atoms with Gasteiger partial charge < -0.3 is 20.4 Å². The number of aryl methyl sites for hydroxylation is 1. The van der Waals surface area contributed by atoms with E-state index in [0.717, 1.165) is 41.6 Å². The van der Waals surface area contributed by atoms with E-state index >= 15 is 0 Å². The van der Waals surface area contributed by atoms with Crippen LogP contribution in [0.2, 0.25) is 0 Å². The molecule has 3 N–H and O–H groups in total. The Labute approximate surface area is 168 Å². The van der Waals surface area contributed by atoms with Crippen LogP contribution in [-0.2, 0) is 11.2 Å². The van der Waals surface area contributed by atoms with Gasteiger partial charge in [0.2, 0.25) is 5.91 Å². The number of carbonyl (C=O) groups excluding carboxylic acids is 2. The number of H-pyrrole nitrogens is 1. The van der Waals surface area contributed by atoms with Crippen LogP contribution in [0.3, 0.4) is 0 Å². The highest BCUT2D eigenvalue weighted by molar-refractivity contribution is 5.92. The summed E-state index contributed by atoms with van der Waals surface area (Å²) in [6.45, 7) is 0.241. The number of benzene rings is 1. The first-order valence-electron chi connectivity index (χ1n) is 9.68. The average molecular weight is 393 g/mol. The second-order valence-electron chi connectivity index (χ2n) is 7.04. The molecule has 8 nitrogen and oxygen atoms in total. The lowest BCUT2D eigenvalue weighted by molar-refractivity contribution is -0.121. The molecule has 2 heterocycles. The quantitative estimate of drug-likeness (QED) is 0.595. The maximum atomic E-state index is 12.4. The Morgan fingerprint density at radius 2 is 2.21 bits per heavy atom. The molecule has 3 aromatic rings. The first-order valence-corrected chi connectivity index (χ1v) is 9.68. The van der Waals surface area contributed by atoms with Crippen molar-refractivity contribution in [3.05, 3.63) is 53.7 Å². The fraction of sp³-hybridized carbons (Fsp3) is 0.333. The number of rotatable bonds is 6. The van der Waals surface area contributed by atoms with Crippen molar-refractivity contribution in [3.8, 4) is 5.75 Å². The molecule has 29 heavy (non-hydrogen) atoms. The maximum Gasteiger partial charge on any atom is 0.271 e. The predicted octanol–water partition coefficient (Wildman–Crippen LogP) is 2.28. The van der Waals surface area contributed by atoms with Crippen molar-refractivity contribution in [3.63, 3.8) is 0 Å². The average Bonchev–Trinajstić information content (AvgIpc) is 3.13. The number of carbonyl (C=O) groups is 2. The SMILES string of the molecule is COc1ccc2[nH]c3c(c2c1)CCC[C@H]3NC(=O)CCNC(=O)c1cnccn1. The lowest BCUT2D eigenvalue weighted by Crippen LogP contribution is -2.34. The highest BCUT2D eigenvalue weighted by Crippen LogP contribution is 2.36. The van der Waals surface area contributed by atoms with E-state index in [9.17, 15) is 9.59 Å². The largest absolute Gasteiger partial charge is 0.497 e. The van der Waals surface area contributed by atoms with E-state index in [1.807, 2.05) is 18.2 Å². The molecule has 0 saturated heterocycles. The van der Waals surface area contributed by atoms with Crippen LogP contribution < -0.4 is 15.4 Å². The Bertz CT molecular complexity index is 1030. The first kappa shape index (κ1) is 18.9. The van der Waals surface area contributed by atoms with Gasteiger partial charge in [-0.3, -0.25) is 14.6 Å². The Morgan fingerprint density at radius 1 is 1.31 bits per heavy atom. The monoisotopic (exact) mass is 393 g/mol. The van der Waals surface area contributed by atoms with Gasteiger partial charge in [-0.05, 0) is 43.0 Å². The van der Waals surface area contributed by atoms with Crippen LogP contribution in [0.4, 0.5) is 0 Å². The molecule has 1 atom stereocenters. The van der Waals surface area contributed by atoms with Crippen molar-refractivity contribution in [2.45, 2.75) is 31.7 Å². The summed E-state index contributed by atoms with van der Waals surface area (Å²) in [5, 5.41) is 6.94. The molecule has 0 unspecified atom stereocenters. The number of ether oxygens (including phenoxy) is 1. The zero-order chi connectivity index (χ0) is 20.2. The minimum Gasteiger partial charge on any atom is -0.497 e. The Kier molecular flexibility index (Phi) is 5.41. The zero-order valence-corrected chi connectivity index (χ0v) is 16.2. The van der Waals surface area contributed by atoms with Gasteiger partial charge in [0, 0.05) is 42.0 Å².